The molecule has 1 aromatic carbocycles. The van der Waals surface area contributed by atoms with Gasteiger partial charge in [0.25, 0.3) is 5.91 Å². The van der Waals surface area contributed by atoms with Crippen LogP contribution in [0.1, 0.15) is 23.7 Å². The smallest absolute Gasteiger partial charge is 0.250 e. The van der Waals surface area contributed by atoms with Crippen LogP contribution >= 0.6 is 0 Å². The van der Waals surface area contributed by atoms with Crippen molar-refractivity contribution < 1.29 is 14.0 Å². The second-order valence-electron chi connectivity index (χ2n) is 3.99. The number of rotatable bonds is 6. The van der Waals surface area contributed by atoms with Crippen molar-refractivity contribution in [3.05, 3.63) is 23.5 Å². The molecule has 6 nitrogen and oxygen atoms in total. The van der Waals surface area contributed by atoms with E-state index < -0.39 is 11.7 Å². The second-order valence-corrected chi connectivity index (χ2v) is 3.99. The fourth-order valence-electron chi connectivity index (χ4n) is 1.44. The molecule has 0 aromatic heterocycles. The van der Waals surface area contributed by atoms with Gasteiger partial charge in [0.1, 0.15) is 5.82 Å². The number of benzene rings is 1. The Kier molecular flexibility index (Phi) is 5.11. The number of anilines is 2. The molecule has 0 radical (unpaired) electrons. The lowest BCUT2D eigenvalue weighted by molar-refractivity contribution is -0.119. The summed E-state index contributed by atoms with van der Waals surface area (Å²) in [7, 11) is 0. The van der Waals surface area contributed by atoms with E-state index in [1.165, 1.54) is 6.07 Å². The molecular formula is C12H17FN4O2. The third-order valence-corrected chi connectivity index (χ3v) is 2.42. The minimum absolute atomic E-state index is 0.00893. The molecule has 0 saturated heterocycles. The Labute approximate surface area is 110 Å². The molecule has 0 aliphatic heterocycles. The number of nitrogens with two attached hydrogens (primary N) is 2. The number of hydrogen-bond acceptors (Lipinski definition) is 4. The van der Waals surface area contributed by atoms with E-state index in [-0.39, 0.29) is 29.4 Å². The van der Waals surface area contributed by atoms with Crippen LogP contribution in [0.15, 0.2) is 12.1 Å². The first-order valence-corrected chi connectivity index (χ1v) is 5.85. The molecule has 0 aliphatic rings. The summed E-state index contributed by atoms with van der Waals surface area (Å²) in [5, 5.41) is 5.22. The third-order valence-electron chi connectivity index (χ3n) is 2.42. The number of carbonyl (C=O) groups excluding carboxylic acids is 2. The summed E-state index contributed by atoms with van der Waals surface area (Å²) in [5.74, 6) is -1.67. The quantitative estimate of drug-likeness (QED) is 0.561. The summed E-state index contributed by atoms with van der Waals surface area (Å²) >= 11 is 0. The fraction of sp³-hybridized carbons (Fsp3) is 0.333. The van der Waals surface area contributed by atoms with E-state index in [0.717, 1.165) is 12.5 Å². The molecule has 19 heavy (non-hydrogen) atoms. The van der Waals surface area contributed by atoms with Crippen LogP contribution in [-0.4, -0.2) is 24.9 Å². The van der Waals surface area contributed by atoms with Crippen molar-refractivity contribution in [3.63, 3.8) is 0 Å². The molecule has 0 unspecified atom stereocenters. The van der Waals surface area contributed by atoms with Gasteiger partial charge in [0, 0.05) is 12.2 Å². The van der Waals surface area contributed by atoms with E-state index in [1.807, 2.05) is 6.92 Å². The zero-order chi connectivity index (χ0) is 14.4. The van der Waals surface area contributed by atoms with Crippen molar-refractivity contribution in [2.75, 3.05) is 24.1 Å². The van der Waals surface area contributed by atoms with Gasteiger partial charge in [-0.05, 0) is 18.6 Å². The maximum Gasteiger partial charge on any atom is 0.250 e. The minimum atomic E-state index is -0.754. The van der Waals surface area contributed by atoms with Crippen LogP contribution in [0.25, 0.3) is 0 Å². The van der Waals surface area contributed by atoms with E-state index in [9.17, 15) is 14.0 Å². The number of nitrogens with one attached hydrogen (secondary N) is 2. The molecule has 0 heterocycles. The molecule has 0 spiro atoms. The van der Waals surface area contributed by atoms with E-state index in [0.29, 0.717) is 6.54 Å². The SMILES string of the molecule is CCCNC(=O)CNc1cc(C(N)=O)c(N)cc1F. The highest BCUT2D eigenvalue weighted by Gasteiger charge is 2.12. The Morgan fingerprint density at radius 1 is 1.37 bits per heavy atom. The number of nitrogen functional groups attached to an aromatic ring is 1. The first kappa shape index (κ1) is 14.7. The number of hydrogen-bond donors (Lipinski definition) is 4. The van der Waals surface area contributed by atoms with Crippen molar-refractivity contribution in [1.82, 2.24) is 5.32 Å². The van der Waals surface area contributed by atoms with Crippen LogP contribution in [0.4, 0.5) is 15.8 Å². The molecule has 6 N–H and O–H groups in total. The van der Waals surface area contributed by atoms with Crippen molar-refractivity contribution in [3.8, 4) is 0 Å². The third kappa shape index (κ3) is 4.13. The molecule has 0 bridgehead atoms. The standard InChI is InChI=1S/C12H17FN4O2/c1-2-3-16-11(18)6-17-10-4-7(12(15)19)9(14)5-8(10)13/h4-5,17H,2-3,6,14H2,1H3,(H2,15,19)(H,16,18). The highest BCUT2D eigenvalue weighted by molar-refractivity contribution is 5.99. The lowest BCUT2D eigenvalue weighted by atomic mass is 10.1. The molecule has 104 valence electrons. The first-order valence-electron chi connectivity index (χ1n) is 5.85. The van der Waals surface area contributed by atoms with Gasteiger partial charge >= 0.3 is 0 Å². The zero-order valence-corrected chi connectivity index (χ0v) is 10.6. The normalized spacial score (nSPS) is 10.0. The van der Waals surface area contributed by atoms with Gasteiger partial charge in [-0.3, -0.25) is 9.59 Å². The molecule has 0 atom stereocenters. The predicted octanol–water partition coefficient (Wildman–Crippen LogP) is 0.445. The van der Waals surface area contributed by atoms with E-state index in [1.54, 1.807) is 0 Å². The Morgan fingerprint density at radius 2 is 2.05 bits per heavy atom. The van der Waals surface area contributed by atoms with Crippen LogP contribution in [0, 0.1) is 5.82 Å². The van der Waals surface area contributed by atoms with Gasteiger partial charge in [-0.15, -0.1) is 0 Å². The molecule has 0 aliphatic carbocycles. The molecule has 2 amide bonds. The van der Waals surface area contributed by atoms with E-state index in [2.05, 4.69) is 10.6 Å². The summed E-state index contributed by atoms with van der Waals surface area (Å²) in [6, 6.07) is 2.19. The average Bonchev–Trinajstić information content (AvgIpc) is 2.34. The monoisotopic (exact) mass is 268 g/mol. The Bertz CT molecular complexity index is 491. The largest absolute Gasteiger partial charge is 0.398 e. The summed E-state index contributed by atoms with van der Waals surface area (Å²) < 4.78 is 13.6. The van der Waals surface area contributed by atoms with Crippen molar-refractivity contribution in [2.24, 2.45) is 5.73 Å². The highest BCUT2D eigenvalue weighted by atomic mass is 19.1. The molecule has 1 aromatic rings. The van der Waals surface area contributed by atoms with Crippen molar-refractivity contribution in [1.29, 1.82) is 0 Å². The zero-order valence-electron chi connectivity index (χ0n) is 10.6. The Morgan fingerprint density at radius 3 is 2.63 bits per heavy atom. The molecule has 7 heteroatoms. The van der Waals surface area contributed by atoms with Crippen LogP contribution in [0.2, 0.25) is 0 Å². The topological polar surface area (TPSA) is 110 Å². The van der Waals surface area contributed by atoms with Crippen LogP contribution in [0.3, 0.4) is 0 Å². The summed E-state index contributed by atoms with van der Waals surface area (Å²) in [5.41, 5.74) is 10.6. The lowest BCUT2D eigenvalue weighted by Gasteiger charge is -2.10. The minimum Gasteiger partial charge on any atom is -0.398 e. The first-order chi connectivity index (χ1) is 8.95. The van der Waals surface area contributed by atoms with Gasteiger partial charge in [0.15, 0.2) is 0 Å². The van der Waals surface area contributed by atoms with E-state index >= 15 is 0 Å². The number of amides is 2. The highest BCUT2D eigenvalue weighted by Crippen LogP contribution is 2.21. The fourth-order valence-corrected chi connectivity index (χ4v) is 1.44. The molecular weight excluding hydrogens is 251 g/mol. The van der Waals surface area contributed by atoms with Crippen molar-refractivity contribution in [2.45, 2.75) is 13.3 Å². The summed E-state index contributed by atoms with van der Waals surface area (Å²) in [6.07, 6.45) is 0.813. The van der Waals surface area contributed by atoms with Gasteiger partial charge < -0.3 is 22.1 Å². The van der Waals surface area contributed by atoms with Gasteiger partial charge in [-0.1, -0.05) is 6.92 Å². The average molecular weight is 268 g/mol. The number of carbonyl (C=O) groups is 2. The van der Waals surface area contributed by atoms with Gasteiger partial charge in [0.2, 0.25) is 5.91 Å². The maximum absolute atomic E-state index is 13.6. The number of primary amides is 1. The van der Waals surface area contributed by atoms with Crippen molar-refractivity contribution >= 4 is 23.2 Å². The summed E-state index contributed by atoms with van der Waals surface area (Å²) in [4.78, 5) is 22.4. The van der Waals surface area contributed by atoms with Gasteiger partial charge in [-0.2, -0.15) is 0 Å². The van der Waals surface area contributed by atoms with Crippen LogP contribution in [0.5, 0.6) is 0 Å². The summed E-state index contributed by atoms with van der Waals surface area (Å²) in [6.45, 7) is 2.38. The molecule has 0 saturated carbocycles. The Balaban J connectivity index is 2.75. The maximum atomic E-state index is 13.6. The lowest BCUT2D eigenvalue weighted by Crippen LogP contribution is -2.30. The molecule has 0 fully saturated rings. The van der Waals surface area contributed by atoms with Gasteiger partial charge in [0.05, 0.1) is 17.8 Å². The molecule has 1 rings (SSSR count). The van der Waals surface area contributed by atoms with Gasteiger partial charge in [-0.25, -0.2) is 4.39 Å². The van der Waals surface area contributed by atoms with E-state index in [4.69, 9.17) is 11.5 Å². The number of halogens is 1. The predicted molar refractivity (Wildman–Crippen MR) is 71.1 cm³/mol. The van der Waals surface area contributed by atoms with Crippen LogP contribution in [-0.2, 0) is 4.79 Å². The van der Waals surface area contributed by atoms with Crippen LogP contribution < -0.4 is 22.1 Å². The second kappa shape index (κ2) is 6.58. The Hall–Kier alpha value is -2.31.